The number of carbonyl (C=O) groups is 1. The highest BCUT2D eigenvalue weighted by Crippen LogP contribution is 2.32. The highest BCUT2D eigenvalue weighted by Gasteiger charge is 2.43. The molecule has 0 aliphatic carbocycles. The Balaban J connectivity index is 2.31. The quantitative estimate of drug-likeness (QED) is 0.877. The lowest BCUT2D eigenvalue weighted by molar-refractivity contribution is -0.142. The van der Waals surface area contributed by atoms with E-state index in [1.807, 2.05) is 81.4 Å². The maximum Gasteiger partial charge on any atom is 0.174 e. The van der Waals surface area contributed by atoms with Gasteiger partial charge in [-0.3, -0.25) is 4.79 Å². The molecular formula is C20H24O2. The minimum Gasteiger partial charge on any atom is -0.382 e. The SMILES string of the molecule is CCC(O)(Cc1ccccc1)C(=O)C(C)(C)c1ccccc1. The van der Waals surface area contributed by atoms with Crippen LogP contribution in [-0.4, -0.2) is 16.5 Å². The Hall–Kier alpha value is -1.93. The normalized spacial score (nSPS) is 14.4. The summed E-state index contributed by atoms with van der Waals surface area (Å²) in [6, 6.07) is 19.3. The molecule has 0 aromatic heterocycles. The topological polar surface area (TPSA) is 37.3 Å². The van der Waals surface area contributed by atoms with Gasteiger partial charge in [-0.05, 0) is 31.4 Å². The Morgan fingerprint density at radius 3 is 1.95 bits per heavy atom. The van der Waals surface area contributed by atoms with Crippen molar-refractivity contribution < 1.29 is 9.90 Å². The standard InChI is InChI=1S/C20H24O2/c1-4-20(22,15-16-11-7-5-8-12-16)18(21)19(2,3)17-13-9-6-10-14-17/h5-14,22H,4,15H2,1-3H3. The fraction of sp³-hybridized carbons (Fsp3) is 0.350. The molecule has 0 amide bonds. The van der Waals surface area contributed by atoms with Gasteiger partial charge in [-0.1, -0.05) is 67.6 Å². The highest BCUT2D eigenvalue weighted by molar-refractivity contribution is 5.96. The first-order chi connectivity index (χ1) is 10.4. The van der Waals surface area contributed by atoms with E-state index in [2.05, 4.69) is 0 Å². The number of aliphatic hydroxyl groups is 1. The molecule has 0 aliphatic heterocycles. The molecule has 116 valence electrons. The van der Waals surface area contributed by atoms with E-state index < -0.39 is 11.0 Å². The fourth-order valence-electron chi connectivity index (χ4n) is 2.87. The maximum atomic E-state index is 13.1. The van der Waals surface area contributed by atoms with Gasteiger partial charge in [-0.15, -0.1) is 0 Å². The number of Topliss-reactive ketones (excluding diaryl/α,β-unsaturated/α-hetero) is 1. The zero-order valence-corrected chi connectivity index (χ0v) is 13.5. The molecule has 0 fully saturated rings. The first kappa shape index (κ1) is 16.4. The molecule has 0 bridgehead atoms. The Bertz CT molecular complexity index is 617. The molecule has 2 aromatic rings. The van der Waals surface area contributed by atoms with Gasteiger partial charge < -0.3 is 5.11 Å². The minimum absolute atomic E-state index is 0.127. The monoisotopic (exact) mass is 296 g/mol. The summed E-state index contributed by atoms with van der Waals surface area (Å²) in [5.74, 6) is -0.127. The van der Waals surface area contributed by atoms with Gasteiger partial charge in [0.1, 0.15) is 5.60 Å². The predicted octanol–water partition coefficient (Wildman–Crippen LogP) is 3.92. The van der Waals surface area contributed by atoms with Crippen molar-refractivity contribution in [2.75, 3.05) is 0 Å². The van der Waals surface area contributed by atoms with E-state index in [9.17, 15) is 9.90 Å². The lowest BCUT2D eigenvalue weighted by Gasteiger charge is -2.34. The summed E-state index contributed by atoms with van der Waals surface area (Å²) in [7, 11) is 0. The Morgan fingerprint density at radius 1 is 0.955 bits per heavy atom. The van der Waals surface area contributed by atoms with Gasteiger partial charge >= 0.3 is 0 Å². The average Bonchev–Trinajstić information content (AvgIpc) is 2.55. The zero-order chi connectivity index (χ0) is 16.2. The first-order valence-electron chi connectivity index (χ1n) is 7.77. The molecule has 0 aliphatic rings. The van der Waals surface area contributed by atoms with E-state index in [1.54, 1.807) is 0 Å². The molecule has 0 saturated carbocycles. The summed E-state index contributed by atoms with van der Waals surface area (Å²) >= 11 is 0. The smallest absolute Gasteiger partial charge is 0.174 e. The summed E-state index contributed by atoms with van der Waals surface area (Å²) < 4.78 is 0. The van der Waals surface area contributed by atoms with Crippen LogP contribution in [0.2, 0.25) is 0 Å². The molecule has 2 heteroatoms. The summed E-state index contributed by atoms with van der Waals surface area (Å²) in [5.41, 5.74) is -0.161. The molecule has 1 unspecified atom stereocenters. The van der Waals surface area contributed by atoms with E-state index in [4.69, 9.17) is 0 Å². The summed E-state index contributed by atoms with van der Waals surface area (Å²) in [6.07, 6.45) is 0.746. The number of hydrogen-bond donors (Lipinski definition) is 1. The first-order valence-corrected chi connectivity index (χ1v) is 7.77. The molecule has 0 radical (unpaired) electrons. The van der Waals surface area contributed by atoms with Crippen molar-refractivity contribution in [3.63, 3.8) is 0 Å². The lowest BCUT2D eigenvalue weighted by atomic mass is 9.71. The van der Waals surface area contributed by atoms with Crippen LogP contribution in [0, 0.1) is 0 Å². The van der Waals surface area contributed by atoms with Crippen molar-refractivity contribution in [1.29, 1.82) is 0 Å². The van der Waals surface area contributed by atoms with Crippen LogP contribution in [0.5, 0.6) is 0 Å². The Kier molecular flexibility index (Phi) is 4.82. The van der Waals surface area contributed by atoms with E-state index in [1.165, 1.54) is 0 Å². The molecule has 2 nitrogen and oxygen atoms in total. The molecule has 0 heterocycles. The predicted molar refractivity (Wildman–Crippen MR) is 89.9 cm³/mol. The lowest BCUT2D eigenvalue weighted by Crippen LogP contribution is -2.49. The number of benzene rings is 2. The summed E-state index contributed by atoms with van der Waals surface area (Å²) in [6.45, 7) is 5.63. The van der Waals surface area contributed by atoms with Gasteiger partial charge in [0.25, 0.3) is 0 Å². The van der Waals surface area contributed by atoms with Gasteiger partial charge in [0.05, 0.1) is 5.41 Å². The number of ketones is 1. The van der Waals surface area contributed by atoms with Crippen LogP contribution >= 0.6 is 0 Å². The number of rotatable bonds is 6. The summed E-state index contributed by atoms with van der Waals surface area (Å²) in [4.78, 5) is 13.1. The highest BCUT2D eigenvalue weighted by atomic mass is 16.3. The number of hydrogen-bond acceptors (Lipinski definition) is 2. The maximum absolute atomic E-state index is 13.1. The van der Waals surface area contributed by atoms with E-state index in [0.29, 0.717) is 12.8 Å². The molecule has 1 N–H and O–H groups in total. The Labute approximate surface area is 132 Å². The van der Waals surface area contributed by atoms with Crippen LogP contribution in [0.1, 0.15) is 38.3 Å². The molecule has 2 rings (SSSR count). The van der Waals surface area contributed by atoms with Gasteiger partial charge in [-0.25, -0.2) is 0 Å². The molecule has 2 aromatic carbocycles. The van der Waals surface area contributed by atoms with Gasteiger partial charge in [-0.2, -0.15) is 0 Å². The molecule has 0 saturated heterocycles. The third-order valence-electron chi connectivity index (χ3n) is 4.41. The molecule has 1 atom stereocenters. The van der Waals surface area contributed by atoms with Gasteiger partial charge in [0.15, 0.2) is 5.78 Å². The third kappa shape index (κ3) is 3.28. The third-order valence-corrected chi connectivity index (χ3v) is 4.41. The second-order valence-electron chi connectivity index (χ2n) is 6.37. The van der Waals surface area contributed by atoms with Crippen LogP contribution in [0.4, 0.5) is 0 Å². The van der Waals surface area contributed by atoms with Crippen LogP contribution in [-0.2, 0) is 16.6 Å². The van der Waals surface area contributed by atoms with Gasteiger partial charge in [0, 0.05) is 6.42 Å². The van der Waals surface area contributed by atoms with Crippen molar-refractivity contribution >= 4 is 5.78 Å². The van der Waals surface area contributed by atoms with Crippen molar-refractivity contribution in [3.05, 3.63) is 71.8 Å². The largest absolute Gasteiger partial charge is 0.382 e. The fourth-order valence-corrected chi connectivity index (χ4v) is 2.87. The van der Waals surface area contributed by atoms with Gasteiger partial charge in [0.2, 0.25) is 0 Å². The van der Waals surface area contributed by atoms with Crippen molar-refractivity contribution in [3.8, 4) is 0 Å². The van der Waals surface area contributed by atoms with Crippen molar-refractivity contribution in [2.24, 2.45) is 0 Å². The minimum atomic E-state index is -1.35. The zero-order valence-electron chi connectivity index (χ0n) is 13.5. The second-order valence-corrected chi connectivity index (χ2v) is 6.37. The van der Waals surface area contributed by atoms with Crippen LogP contribution in [0.3, 0.4) is 0 Å². The van der Waals surface area contributed by atoms with E-state index in [-0.39, 0.29) is 5.78 Å². The molecule has 0 spiro atoms. The average molecular weight is 296 g/mol. The summed E-state index contributed by atoms with van der Waals surface area (Å²) in [5, 5.41) is 11.0. The molecular weight excluding hydrogens is 272 g/mol. The molecule has 22 heavy (non-hydrogen) atoms. The van der Waals surface area contributed by atoms with E-state index >= 15 is 0 Å². The number of carbonyl (C=O) groups excluding carboxylic acids is 1. The van der Waals surface area contributed by atoms with Crippen molar-refractivity contribution in [1.82, 2.24) is 0 Å². The van der Waals surface area contributed by atoms with Crippen molar-refractivity contribution in [2.45, 2.75) is 44.6 Å². The van der Waals surface area contributed by atoms with Crippen LogP contribution in [0.25, 0.3) is 0 Å². The van der Waals surface area contributed by atoms with Crippen LogP contribution in [0.15, 0.2) is 60.7 Å². The van der Waals surface area contributed by atoms with Crippen LogP contribution < -0.4 is 0 Å². The second kappa shape index (κ2) is 6.45. The Morgan fingerprint density at radius 2 is 1.45 bits per heavy atom. The van der Waals surface area contributed by atoms with E-state index in [0.717, 1.165) is 11.1 Å².